The van der Waals surface area contributed by atoms with Crippen LogP contribution in [-0.2, 0) is 14.3 Å². The summed E-state index contributed by atoms with van der Waals surface area (Å²) in [6, 6.07) is 6.55. The zero-order chi connectivity index (χ0) is 13.4. The number of aromatic hydroxyl groups is 1. The molecule has 1 amide bonds. The zero-order valence-corrected chi connectivity index (χ0v) is 10.4. The van der Waals surface area contributed by atoms with Crippen LogP contribution in [0.5, 0.6) is 5.75 Å². The fourth-order valence-corrected chi connectivity index (χ4v) is 1.26. The maximum atomic E-state index is 11.5. The van der Waals surface area contributed by atoms with Crippen LogP contribution in [0.3, 0.4) is 0 Å². The molecule has 0 bridgehead atoms. The molecule has 1 aromatic carbocycles. The van der Waals surface area contributed by atoms with Crippen molar-refractivity contribution >= 4 is 12.0 Å². The minimum Gasteiger partial charge on any atom is -0.508 e. The summed E-state index contributed by atoms with van der Waals surface area (Å²) in [5.74, 6) is -0.0400. The molecule has 0 aliphatic heterocycles. The second kappa shape index (κ2) is 7.47. The van der Waals surface area contributed by atoms with Crippen LogP contribution in [0.1, 0.15) is 5.56 Å². The molecule has 1 rings (SSSR count). The number of phenolic OH excluding ortho intramolecular Hbond substituents is 1. The Kier molecular flexibility index (Phi) is 5.90. The molecule has 5 nitrogen and oxygen atoms in total. The Labute approximate surface area is 106 Å². The van der Waals surface area contributed by atoms with Gasteiger partial charge in [-0.2, -0.15) is 0 Å². The molecule has 18 heavy (non-hydrogen) atoms. The van der Waals surface area contributed by atoms with Gasteiger partial charge in [0.1, 0.15) is 5.75 Å². The molecule has 0 saturated carbocycles. The molecule has 0 fully saturated rings. The highest BCUT2D eigenvalue weighted by atomic mass is 16.7. The number of hydrogen-bond acceptors (Lipinski definition) is 4. The van der Waals surface area contributed by atoms with E-state index in [9.17, 15) is 4.79 Å². The highest BCUT2D eigenvalue weighted by Crippen LogP contribution is 2.10. The number of carbonyl (C=O) groups excluding carboxylic acids is 1. The fourth-order valence-electron chi connectivity index (χ4n) is 1.26. The van der Waals surface area contributed by atoms with E-state index in [1.165, 1.54) is 20.3 Å². The average Bonchev–Trinajstić information content (AvgIpc) is 2.39. The van der Waals surface area contributed by atoms with Crippen molar-refractivity contribution < 1.29 is 19.4 Å². The van der Waals surface area contributed by atoms with Crippen LogP contribution in [0.4, 0.5) is 0 Å². The third-order valence-electron chi connectivity index (χ3n) is 2.29. The molecule has 0 aromatic heterocycles. The lowest BCUT2D eigenvalue weighted by Crippen LogP contribution is -2.33. The normalized spacial score (nSPS) is 11.1. The summed E-state index contributed by atoms with van der Waals surface area (Å²) in [6.07, 6.45) is 2.62. The van der Waals surface area contributed by atoms with E-state index in [4.69, 9.17) is 14.6 Å². The first-order chi connectivity index (χ1) is 8.65. The second-order valence-corrected chi connectivity index (χ2v) is 3.57. The van der Waals surface area contributed by atoms with E-state index in [-0.39, 0.29) is 18.2 Å². The molecule has 0 aliphatic rings. The topological polar surface area (TPSA) is 67.8 Å². The largest absolute Gasteiger partial charge is 0.508 e. The van der Waals surface area contributed by atoms with Gasteiger partial charge in [0, 0.05) is 20.3 Å². The maximum absolute atomic E-state index is 11.5. The van der Waals surface area contributed by atoms with Crippen molar-refractivity contribution in [1.82, 2.24) is 5.32 Å². The van der Waals surface area contributed by atoms with Crippen molar-refractivity contribution in [1.29, 1.82) is 0 Å². The summed E-state index contributed by atoms with van der Waals surface area (Å²) in [7, 11) is 3.01. The zero-order valence-electron chi connectivity index (χ0n) is 10.4. The number of benzene rings is 1. The summed E-state index contributed by atoms with van der Waals surface area (Å²) in [5.41, 5.74) is 0.831. The van der Waals surface area contributed by atoms with Gasteiger partial charge in [-0.3, -0.25) is 4.79 Å². The molecule has 2 N–H and O–H groups in total. The van der Waals surface area contributed by atoms with Crippen LogP contribution >= 0.6 is 0 Å². The Morgan fingerprint density at radius 2 is 1.94 bits per heavy atom. The van der Waals surface area contributed by atoms with Gasteiger partial charge < -0.3 is 19.9 Å². The monoisotopic (exact) mass is 251 g/mol. The summed E-state index contributed by atoms with van der Waals surface area (Å²) >= 11 is 0. The average molecular weight is 251 g/mol. The van der Waals surface area contributed by atoms with Crippen LogP contribution in [0.15, 0.2) is 30.3 Å². The number of ether oxygens (including phenoxy) is 2. The van der Waals surface area contributed by atoms with E-state index in [0.29, 0.717) is 0 Å². The minimum atomic E-state index is -0.448. The van der Waals surface area contributed by atoms with Gasteiger partial charge >= 0.3 is 0 Å². The standard InChI is InChI=1S/C13H17NO4/c1-17-13(18-2)9-14-12(16)8-5-10-3-6-11(15)7-4-10/h3-8,13,15H,9H2,1-2H3,(H,14,16)/b8-5+. The van der Waals surface area contributed by atoms with Gasteiger partial charge in [0.25, 0.3) is 0 Å². The minimum absolute atomic E-state index is 0.194. The fraction of sp³-hybridized carbons (Fsp3) is 0.308. The molecule has 5 heteroatoms. The number of amides is 1. The number of nitrogens with one attached hydrogen (secondary N) is 1. The van der Waals surface area contributed by atoms with Gasteiger partial charge in [-0.15, -0.1) is 0 Å². The molecule has 0 aliphatic carbocycles. The van der Waals surface area contributed by atoms with Crippen molar-refractivity contribution in [3.8, 4) is 5.75 Å². The quantitative estimate of drug-likeness (QED) is 0.587. The lowest BCUT2D eigenvalue weighted by Gasteiger charge is -2.12. The van der Waals surface area contributed by atoms with Crippen LogP contribution in [-0.4, -0.2) is 38.1 Å². The van der Waals surface area contributed by atoms with Crippen LogP contribution in [0.25, 0.3) is 6.08 Å². The lowest BCUT2D eigenvalue weighted by atomic mass is 10.2. The first-order valence-corrected chi connectivity index (χ1v) is 5.46. The van der Waals surface area contributed by atoms with Crippen molar-refractivity contribution in [3.05, 3.63) is 35.9 Å². The van der Waals surface area contributed by atoms with Crippen molar-refractivity contribution in [2.45, 2.75) is 6.29 Å². The Morgan fingerprint density at radius 3 is 2.50 bits per heavy atom. The highest BCUT2D eigenvalue weighted by Gasteiger charge is 2.05. The number of hydrogen-bond donors (Lipinski definition) is 2. The summed E-state index contributed by atoms with van der Waals surface area (Å²) < 4.78 is 9.87. The van der Waals surface area contributed by atoms with Crippen LogP contribution in [0.2, 0.25) is 0 Å². The predicted molar refractivity (Wildman–Crippen MR) is 68.0 cm³/mol. The van der Waals surface area contributed by atoms with Crippen molar-refractivity contribution in [2.24, 2.45) is 0 Å². The Hall–Kier alpha value is -1.85. The molecule has 0 spiro atoms. The molecule has 1 aromatic rings. The van der Waals surface area contributed by atoms with E-state index in [0.717, 1.165) is 5.56 Å². The van der Waals surface area contributed by atoms with Gasteiger partial charge in [0.2, 0.25) is 5.91 Å². The molecule has 0 atom stereocenters. The number of rotatable bonds is 6. The SMILES string of the molecule is COC(CNC(=O)/C=C/c1ccc(O)cc1)OC. The van der Waals surface area contributed by atoms with E-state index in [1.807, 2.05) is 0 Å². The van der Waals surface area contributed by atoms with Crippen LogP contribution in [0, 0.1) is 0 Å². The molecule has 0 radical (unpaired) electrons. The Morgan fingerprint density at radius 1 is 1.33 bits per heavy atom. The summed E-state index contributed by atoms with van der Waals surface area (Å²) in [4.78, 5) is 11.5. The number of methoxy groups -OCH3 is 2. The van der Waals surface area contributed by atoms with E-state index < -0.39 is 6.29 Å². The summed E-state index contributed by atoms with van der Waals surface area (Å²) in [6.45, 7) is 0.283. The van der Waals surface area contributed by atoms with Gasteiger partial charge in [0.15, 0.2) is 6.29 Å². The van der Waals surface area contributed by atoms with E-state index in [2.05, 4.69) is 5.32 Å². The second-order valence-electron chi connectivity index (χ2n) is 3.57. The smallest absolute Gasteiger partial charge is 0.244 e. The van der Waals surface area contributed by atoms with Gasteiger partial charge in [-0.25, -0.2) is 0 Å². The molecule has 0 unspecified atom stereocenters. The number of phenols is 1. The Balaban J connectivity index is 2.42. The molecular weight excluding hydrogens is 234 g/mol. The van der Waals surface area contributed by atoms with E-state index in [1.54, 1.807) is 30.3 Å². The predicted octanol–water partition coefficient (Wildman–Crippen LogP) is 1.14. The third-order valence-corrected chi connectivity index (χ3v) is 2.29. The molecule has 98 valence electrons. The van der Waals surface area contributed by atoms with Crippen molar-refractivity contribution in [3.63, 3.8) is 0 Å². The van der Waals surface area contributed by atoms with Gasteiger partial charge in [-0.05, 0) is 23.8 Å². The van der Waals surface area contributed by atoms with Crippen molar-refractivity contribution in [2.75, 3.05) is 20.8 Å². The first-order valence-electron chi connectivity index (χ1n) is 5.46. The molecular formula is C13H17NO4. The van der Waals surface area contributed by atoms with E-state index >= 15 is 0 Å². The molecule has 0 heterocycles. The van der Waals surface area contributed by atoms with Crippen LogP contribution < -0.4 is 5.32 Å². The Bertz CT molecular complexity index is 396. The first kappa shape index (κ1) is 14.2. The lowest BCUT2D eigenvalue weighted by molar-refractivity contribution is -0.123. The highest BCUT2D eigenvalue weighted by molar-refractivity contribution is 5.91. The third kappa shape index (κ3) is 4.99. The maximum Gasteiger partial charge on any atom is 0.244 e. The number of carbonyl (C=O) groups is 1. The summed E-state index contributed by atoms with van der Waals surface area (Å²) in [5, 5.41) is 11.7. The van der Waals surface area contributed by atoms with Gasteiger partial charge in [0.05, 0.1) is 6.54 Å². The van der Waals surface area contributed by atoms with Gasteiger partial charge in [-0.1, -0.05) is 12.1 Å². The molecule has 0 saturated heterocycles.